The van der Waals surface area contributed by atoms with Crippen LogP contribution in [0.1, 0.15) is 16.6 Å². The topological polar surface area (TPSA) is 79.0 Å². The Morgan fingerprint density at radius 1 is 1.25 bits per heavy atom. The lowest BCUT2D eigenvalue weighted by Gasteiger charge is -2.27. The molecule has 28 heavy (non-hydrogen) atoms. The van der Waals surface area contributed by atoms with Crippen LogP contribution >= 0.6 is 11.3 Å². The molecule has 1 fully saturated rings. The molecule has 9 heteroatoms. The van der Waals surface area contributed by atoms with E-state index in [1.807, 2.05) is 44.3 Å². The fraction of sp³-hybridized carbons (Fsp3) is 0.421. The number of para-hydroxylation sites is 1. The van der Waals surface area contributed by atoms with Crippen LogP contribution in [0.15, 0.2) is 46.7 Å². The first-order valence-electron chi connectivity index (χ1n) is 9.12. The van der Waals surface area contributed by atoms with Crippen molar-refractivity contribution in [3.8, 4) is 0 Å². The number of sulfonamides is 1. The maximum Gasteiger partial charge on any atom is 0.262 e. The molecule has 0 aliphatic carbocycles. The number of amides is 1. The van der Waals surface area contributed by atoms with Gasteiger partial charge in [-0.1, -0.05) is 18.2 Å². The van der Waals surface area contributed by atoms with Crippen LogP contribution in [0.5, 0.6) is 0 Å². The Kier molecular flexibility index (Phi) is 6.71. The number of thiophene rings is 1. The number of anilines is 1. The molecule has 3 rings (SSSR count). The van der Waals surface area contributed by atoms with Crippen molar-refractivity contribution in [2.24, 2.45) is 0 Å². The molecular weight excluding hydrogens is 398 g/mol. The van der Waals surface area contributed by atoms with Gasteiger partial charge in [-0.05, 0) is 30.5 Å². The van der Waals surface area contributed by atoms with E-state index in [2.05, 4.69) is 10.2 Å². The van der Waals surface area contributed by atoms with E-state index in [1.54, 1.807) is 5.38 Å². The summed E-state index contributed by atoms with van der Waals surface area (Å²) >= 11 is 1.14. The zero-order valence-corrected chi connectivity index (χ0v) is 17.6. The molecule has 1 aliphatic rings. The van der Waals surface area contributed by atoms with E-state index in [0.717, 1.165) is 17.0 Å². The Labute approximate surface area is 170 Å². The normalized spacial score (nSPS) is 16.5. The van der Waals surface area contributed by atoms with Crippen LogP contribution in [0.3, 0.4) is 0 Å². The number of likely N-dealkylation sites (N-methyl/N-ethyl adjacent to an activating group) is 1. The highest BCUT2D eigenvalue weighted by Gasteiger charge is 2.31. The molecule has 0 saturated carbocycles. The number of hydrogen-bond donors (Lipinski definition) is 1. The zero-order chi connectivity index (χ0) is 20.1. The number of nitrogens with zero attached hydrogens (tertiary/aromatic N) is 2. The van der Waals surface area contributed by atoms with Crippen LogP contribution in [0.2, 0.25) is 0 Å². The molecule has 0 spiro atoms. The van der Waals surface area contributed by atoms with E-state index >= 15 is 0 Å². The molecule has 1 saturated heterocycles. The number of rotatable bonds is 7. The van der Waals surface area contributed by atoms with Gasteiger partial charge in [-0.15, -0.1) is 11.3 Å². The third-order valence-corrected chi connectivity index (χ3v) is 7.79. The lowest BCUT2D eigenvalue weighted by Crippen LogP contribution is -2.42. The number of hydrogen-bond acceptors (Lipinski definition) is 6. The summed E-state index contributed by atoms with van der Waals surface area (Å²) in [4.78, 5) is 15.1. The summed E-state index contributed by atoms with van der Waals surface area (Å²) in [6, 6.07) is 11.4. The van der Waals surface area contributed by atoms with Crippen molar-refractivity contribution in [3.63, 3.8) is 0 Å². The third kappa shape index (κ3) is 4.54. The van der Waals surface area contributed by atoms with Gasteiger partial charge in [0, 0.05) is 38.4 Å². The van der Waals surface area contributed by atoms with Gasteiger partial charge in [0.15, 0.2) is 0 Å². The fourth-order valence-corrected chi connectivity index (χ4v) is 5.69. The molecule has 2 heterocycles. The van der Waals surface area contributed by atoms with Crippen LogP contribution in [0, 0.1) is 0 Å². The summed E-state index contributed by atoms with van der Waals surface area (Å²) < 4.78 is 32.4. The summed E-state index contributed by atoms with van der Waals surface area (Å²) in [5.41, 5.74) is 1.05. The van der Waals surface area contributed by atoms with Crippen molar-refractivity contribution in [3.05, 3.63) is 46.7 Å². The average molecular weight is 424 g/mol. The van der Waals surface area contributed by atoms with Gasteiger partial charge >= 0.3 is 0 Å². The SMILES string of the molecule is CC(CNC(=O)c1sccc1S(=O)(=O)N1CCOCC1)N(C)c1ccccc1. The summed E-state index contributed by atoms with van der Waals surface area (Å²) in [5.74, 6) is -0.366. The standard InChI is InChI=1S/C19H25N3O4S2/c1-15(21(2)16-6-4-3-5-7-16)14-20-19(23)18-17(8-13-27-18)28(24,25)22-9-11-26-12-10-22/h3-8,13,15H,9-12,14H2,1-2H3,(H,20,23). The molecule has 7 nitrogen and oxygen atoms in total. The van der Waals surface area contributed by atoms with Crippen molar-refractivity contribution >= 4 is 33.0 Å². The summed E-state index contributed by atoms with van der Waals surface area (Å²) in [6.45, 7) is 3.75. The maximum atomic E-state index is 12.9. The Hall–Kier alpha value is -1.94. The van der Waals surface area contributed by atoms with Crippen LogP contribution in [-0.2, 0) is 14.8 Å². The maximum absolute atomic E-state index is 12.9. The Balaban J connectivity index is 1.66. The van der Waals surface area contributed by atoms with E-state index in [9.17, 15) is 13.2 Å². The van der Waals surface area contributed by atoms with Gasteiger partial charge < -0.3 is 15.0 Å². The molecule has 1 amide bonds. The molecule has 1 atom stereocenters. The second-order valence-electron chi connectivity index (χ2n) is 6.64. The Bertz CT molecular complexity index is 893. The predicted octanol–water partition coefficient (Wildman–Crippen LogP) is 2.02. The minimum Gasteiger partial charge on any atom is -0.379 e. The molecule has 2 aromatic rings. The molecular formula is C19H25N3O4S2. The van der Waals surface area contributed by atoms with Gasteiger partial charge in [0.25, 0.3) is 5.91 Å². The second-order valence-corrected chi connectivity index (χ2v) is 9.46. The molecule has 1 aromatic heterocycles. The minimum atomic E-state index is -3.70. The van der Waals surface area contributed by atoms with E-state index in [4.69, 9.17) is 4.74 Å². The number of ether oxygens (including phenoxy) is 1. The molecule has 1 unspecified atom stereocenters. The van der Waals surface area contributed by atoms with Crippen molar-refractivity contribution in [1.29, 1.82) is 0 Å². The Morgan fingerprint density at radius 2 is 1.93 bits per heavy atom. The van der Waals surface area contributed by atoms with Crippen molar-refractivity contribution in [2.75, 3.05) is 44.8 Å². The minimum absolute atomic E-state index is 0.0469. The number of nitrogens with one attached hydrogen (secondary N) is 1. The summed E-state index contributed by atoms with van der Waals surface area (Å²) in [6.07, 6.45) is 0. The molecule has 152 valence electrons. The monoisotopic (exact) mass is 423 g/mol. The third-order valence-electron chi connectivity index (χ3n) is 4.81. The van der Waals surface area contributed by atoms with Crippen molar-refractivity contribution < 1.29 is 17.9 Å². The second kappa shape index (κ2) is 9.04. The van der Waals surface area contributed by atoms with Crippen LogP contribution in [-0.4, -0.2) is 64.6 Å². The van der Waals surface area contributed by atoms with Crippen molar-refractivity contribution in [2.45, 2.75) is 17.9 Å². The van der Waals surface area contributed by atoms with Crippen LogP contribution < -0.4 is 10.2 Å². The van der Waals surface area contributed by atoms with Crippen LogP contribution in [0.4, 0.5) is 5.69 Å². The van der Waals surface area contributed by atoms with E-state index in [-0.39, 0.29) is 21.7 Å². The number of morpholine rings is 1. The van der Waals surface area contributed by atoms with E-state index in [1.165, 1.54) is 10.4 Å². The van der Waals surface area contributed by atoms with Gasteiger partial charge in [0.2, 0.25) is 10.0 Å². The van der Waals surface area contributed by atoms with Gasteiger partial charge in [0.05, 0.1) is 13.2 Å². The van der Waals surface area contributed by atoms with Crippen molar-refractivity contribution in [1.82, 2.24) is 9.62 Å². The molecule has 0 bridgehead atoms. The van der Waals surface area contributed by atoms with Gasteiger partial charge in [-0.3, -0.25) is 4.79 Å². The van der Waals surface area contributed by atoms with E-state index in [0.29, 0.717) is 32.8 Å². The number of benzene rings is 1. The smallest absolute Gasteiger partial charge is 0.262 e. The predicted molar refractivity (Wildman–Crippen MR) is 111 cm³/mol. The first-order valence-corrected chi connectivity index (χ1v) is 11.4. The molecule has 1 aliphatic heterocycles. The lowest BCUT2D eigenvalue weighted by atomic mass is 10.2. The average Bonchev–Trinajstić information content (AvgIpc) is 3.23. The highest BCUT2D eigenvalue weighted by atomic mass is 32.2. The zero-order valence-electron chi connectivity index (χ0n) is 16.0. The highest BCUT2D eigenvalue weighted by Crippen LogP contribution is 2.26. The number of carbonyl (C=O) groups is 1. The lowest BCUT2D eigenvalue weighted by molar-refractivity contribution is 0.0730. The fourth-order valence-electron chi connectivity index (χ4n) is 2.97. The Morgan fingerprint density at radius 3 is 2.61 bits per heavy atom. The summed E-state index contributed by atoms with van der Waals surface area (Å²) in [7, 11) is -1.74. The molecule has 1 N–H and O–H groups in total. The van der Waals surface area contributed by atoms with Gasteiger partial charge in [0.1, 0.15) is 9.77 Å². The molecule has 0 radical (unpaired) electrons. The van der Waals surface area contributed by atoms with Gasteiger partial charge in [-0.25, -0.2) is 8.42 Å². The number of carbonyl (C=O) groups excluding carboxylic acids is 1. The first kappa shape index (κ1) is 20.8. The highest BCUT2D eigenvalue weighted by molar-refractivity contribution is 7.89. The largest absolute Gasteiger partial charge is 0.379 e. The van der Waals surface area contributed by atoms with Gasteiger partial charge in [-0.2, -0.15) is 4.31 Å². The quantitative estimate of drug-likeness (QED) is 0.737. The van der Waals surface area contributed by atoms with E-state index < -0.39 is 10.0 Å². The first-order chi connectivity index (χ1) is 13.4. The summed E-state index contributed by atoms with van der Waals surface area (Å²) in [5, 5.41) is 4.51. The van der Waals surface area contributed by atoms with Crippen LogP contribution in [0.25, 0.3) is 0 Å². The molecule has 1 aromatic carbocycles.